The van der Waals surface area contributed by atoms with Crippen molar-refractivity contribution in [2.45, 2.75) is 12.7 Å². The Balaban J connectivity index is 1.84. The molecule has 0 aromatic heterocycles. The summed E-state index contributed by atoms with van der Waals surface area (Å²) in [5.74, 6) is -0.589. The molecule has 2 aromatic carbocycles. The van der Waals surface area contributed by atoms with Crippen molar-refractivity contribution in [2.24, 2.45) is 0 Å². The quantitative estimate of drug-likeness (QED) is 0.539. The lowest BCUT2D eigenvalue weighted by Gasteiger charge is -2.13. The molecule has 0 aliphatic carbocycles. The molecule has 0 saturated carbocycles. The highest BCUT2D eigenvalue weighted by Crippen LogP contribution is 2.35. The average Bonchev–Trinajstić information content (AvgIpc) is 2.84. The second kappa shape index (κ2) is 7.58. The highest BCUT2D eigenvalue weighted by atomic mass is 35.5. The first kappa shape index (κ1) is 19.8. The Bertz CT molecular complexity index is 960. The summed E-state index contributed by atoms with van der Waals surface area (Å²) in [7, 11) is 0. The lowest BCUT2D eigenvalue weighted by Crippen LogP contribution is -2.27. The molecule has 1 aliphatic rings. The van der Waals surface area contributed by atoms with Crippen LogP contribution < -0.4 is 0 Å². The largest absolute Gasteiger partial charge is 0.416 e. The van der Waals surface area contributed by atoms with Gasteiger partial charge in [0.1, 0.15) is 0 Å². The highest BCUT2D eigenvalue weighted by molar-refractivity contribution is 8.18. The molecular formula is C18H10Cl2F3NO2S. The van der Waals surface area contributed by atoms with Crippen molar-refractivity contribution in [3.8, 4) is 0 Å². The van der Waals surface area contributed by atoms with Crippen LogP contribution in [0.15, 0.2) is 47.4 Å². The number of thioether (sulfide) groups is 1. The first-order valence-corrected chi connectivity index (χ1v) is 9.09. The fourth-order valence-corrected chi connectivity index (χ4v) is 3.72. The third kappa shape index (κ3) is 4.48. The number of hydrogen-bond acceptors (Lipinski definition) is 3. The first-order chi connectivity index (χ1) is 12.6. The second-order valence-corrected chi connectivity index (χ2v) is 7.46. The molecule has 2 amide bonds. The number of benzene rings is 2. The number of nitrogens with zero attached hydrogens (tertiary/aromatic N) is 1. The Labute approximate surface area is 166 Å². The number of amides is 2. The number of rotatable bonds is 3. The SMILES string of the molecule is O=C1S/C(=C\c2cccc(C(F)(F)F)c2)C(=O)N1Cc1ccc(Cl)cc1Cl. The Morgan fingerprint density at radius 1 is 1.07 bits per heavy atom. The molecule has 0 spiro atoms. The number of carbonyl (C=O) groups excluding carboxylic acids is 2. The van der Waals surface area contributed by atoms with Gasteiger partial charge in [-0.25, -0.2) is 0 Å². The van der Waals surface area contributed by atoms with Gasteiger partial charge in [-0.1, -0.05) is 41.4 Å². The van der Waals surface area contributed by atoms with E-state index in [1.165, 1.54) is 24.3 Å². The van der Waals surface area contributed by atoms with E-state index in [2.05, 4.69) is 0 Å². The average molecular weight is 432 g/mol. The van der Waals surface area contributed by atoms with Gasteiger partial charge in [-0.05, 0) is 53.2 Å². The van der Waals surface area contributed by atoms with E-state index < -0.39 is 22.9 Å². The number of carbonyl (C=O) groups is 2. The maximum atomic E-state index is 12.8. The van der Waals surface area contributed by atoms with Crippen LogP contribution in [0.1, 0.15) is 16.7 Å². The van der Waals surface area contributed by atoms with E-state index in [0.29, 0.717) is 27.4 Å². The van der Waals surface area contributed by atoms with Gasteiger partial charge >= 0.3 is 6.18 Å². The summed E-state index contributed by atoms with van der Waals surface area (Å²) in [6, 6.07) is 9.21. The predicted octanol–water partition coefficient (Wildman–Crippen LogP) is 6.25. The van der Waals surface area contributed by atoms with Gasteiger partial charge in [0.05, 0.1) is 17.0 Å². The molecule has 2 aromatic rings. The Kier molecular flexibility index (Phi) is 5.55. The molecule has 140 valence electrons. The maximum Gasteiger partial charge on any atom is 0.416 e. The predicted molar refractivity (Wildman–Crippen MR) is 99.4 cm³/mol. The maximum absolute atomic E-state index is 12.8. The van der Waals surface area contributed by atoms with Crippen molar-refractivity contribution < 1.29 is 22.8 Å². The van der Waals surface area contributed by atoms with Gasteiger partial charge in [0.15, 0.2) is 0 Å². The molecule has 1 saturated heterocycles. The summed E-state index contributed by atoms with van der Waals surface area (Å²) >= 11 is 12.6. The van der Waals surface area contributed by atoms with Crippen LogP contribution in [0.4, 0.5) is 18.0 Å². The third-order valence-electron chi connectivity index (χ3n) is 3.73. The third-order valence-corrected chi connectivity index (χ3v) is 5.22. The molecule has 0 N–H and O–H groups in total. The van der Waals surface area contributed by atoms with Crippen molar-refractivity contribution in [3.63, 3.8) is 0 Å². The lowest BCUT2D eigenvalue weighted by molar-refractivity contribution is -0.137. The van der Waals surface area contributed by atoms with Gasteiger partial charge < -0.3 is 0 Å². The molecule has 0 radical (unpaired) electrons. The van der Waals surface area contributed by atoms with Crippen LogP contribution in [-0.2, 0) is 17.5 Å². The van der Waals surface area contributed by atoms with Crippen LogP contribution >= 0.6 is 35.0 Å². The van der Waals surface area contributed by atoms with Crippen LogP contribution in [0.5, 0.6) is 0 Å². The standard InChI is InChI=1S/C18H10Cl2F3NO2S/c19-13-5-4-11(14(20)8-13)9-24-16(25)15(27-17(24)26)7-10-2-1-3-12(6-10)18(21,22)23/h1-8H,9H2/b15-7-. The van der Waals surface area contributed by atoms with Gasteiger partial charge in [-0.2, -0.15) is 13.2 Å². The Morgan fingerprint density at radius 2 is 1.81 bits per heavy atom. The van der Waals surface area contributed by atoms with Gasteiger partial charge in [-0.3, -0.25) is 14.5 Å². The van der Waals surface area contributed by atoms with E-state index in [1.807, 2.05) is 0 Å². The summed E-state index contributed by atoms with van der Waals surface area (Å²) in [6.45, 7) is -0.0550. The summed E-state index contributed by atoms with van der Waals surface area (Å²) in [6.07, 6.45) is -3.22. The van der Waals surface area contributed by atoms with Gasteiger partial charge in [0.2, 0.25) is 0 Å². The molecule has 3 rings (SSSR count). The van der Waals surface area contributed by atoms with Crippen molar-refractivity contribution in [2.75, 3.05) is 0 Å². The first-order valence-electron chi connectivity index (χ1n) is 7.52. The van der Waals surface area contributed by atoms with Crippen LogP contribution in [0.25, 0.3) is 6.08 Å². The van der Waals surface area contributed by atoms with E-state index in [4.69, 9.17) is 23.2 Å². The summed E-state index contributed by atoms with van der Waals surface area (Å²) in [5, 5.41) is 0.204. The van der Waals surface area contributed by atoms with Crippen molar-refractivity contribution >= 4 is 52.2 Å². The van der Waals surface area contributed by atoms with Crippen LogP contribution in [-0.4, -0.2) is 16.0 Å². The zero-order valence-corrected chi connectivity index (χ0v) is 15.7. The highest BCUT2D eigenvalue weighted by Gasteiger charge is 2.35. The zero-order chi connectivity index (χ0) is 19.8. The molecule has 27 heavy (non-hydrogen) atoms. The number of halogens is 5. The van der Waals surface area contributed by atoms with Gasteiger partial charge in [0.25, 0.3) is 11.1 Å². The Hall–Kier alpha value is -1.96. The monoisotopic (exact) mass is 431 g/mol. The zero-order valence-electron chi connectivity index (χ0n) is 13.4. The summed E-state index contributed by atoms with van der Waals surface area (Å²) < 4.78 is 38.4. The van der Waals surface area contributed by atoms with Crippen LogP contribution in [0, 0.1) is 0 Å². The van der Waals surface area contributed by atoms with E-state index in [9.17, 15) is 22.8 Å². The molecule has 1 aliphatic heterocycles. The number of hydrogen-bond donors (Lipinski definition) is 0. The van der Waals surface area contributed by atoms with Crippen molar-refractivity contribution in [1.29, 1.82) is 0 Å². The Morgan fingerprint density at radius 3 is 2.48 bits per heavy atom. The minimum atomic E-state index is -4.49. The molecule has 1 fully saturated rings. The number of imide groups is 1. The van der Waals surface area contributed by atoms with Gasteiger partial charge in [-0.15, -0.1) is 0 Å². The minimum Gasteiger partial charge on any atom is -0.268 e. The molecule has 3 nitrogen and oxygen atoms in total. The smallest absolute Gasteiger partial charge is 0.268 e. The van der Waals surface area contributed by atoms with Crippen molar-refractivity contribution in [3.05, 3.63) is 74.1 Å². The minimum absolute atomic E-state index is 0.0458. The molecule has 0 unspecified atom stereocenters. The van der Waals surface area contributed by atoms with Crippen molar-refractivity contribution in [1.82, 2.24) is 4.90 Å². The molecule has 9 heteroatoms. The number of alkyl halides is 3. The normalized spacial score (nSPS) is 16.5. The second-order valence-electron chi connectivity index (χ2n) is 5.63. The summed E-state index contributed by atoms with van der Waals surface area (Å²) in [4.78, 5) is 25.7. The van der Waals surface area contributed by atoms with E-state index in [1.54, 1.807) is 12.1 Å². The fourth-order valence-electron chi connectivity index (χ4n) is 2.41. The van der Waals surface area contributed by atoms with Crippen LogP contribution in [0.3, 0.4) is 0 Å². The molecular weight excluding hydrogens is 422 g/mol. The topological polar surface area (TPSA) is 37.4 Å². The van der Waals surface area contributed by atoms with Crippen LogP contribution in [0.2, 0.25) is 10.0 Å². The molecule has 0 bridgehead atoms. The molecule has 0 atom stereocenters. The van der Waals surface area contributed by atoms with E-state index >= 15 is 0 Å². The van der Waals surface area contributed by atoms with Gasteiger partial charge in [0, 0.05) is 10.0 Å². The molecule has 1 heterocycles. The lowest BCUT2D eigenvalue weighted by atomic mass is 10.1. The summed E-state index contributed by atoms with van der Waals surface area (Å²) in [5.41, 5.74) is -0.119. The van der Waals surface area contributed by atoms with E-state index in [-0.39, 0.29) is 17.0 Å². The van der Waals surface area contributed by atoms with E-state index in [0.717, 1.165) is 17.0 Å². The fraction of sp³-hybridized carbons (Fsp3) is 0.111.